The molecule has 1 aliphatic rings. The van der Waals surface area contributed by atoms with E-state index in [9.17, 15) is 10.1 Å². The average Bonchev–Trinajstić information content (AvgIpc) is 3.51. The van der Waals surface area contributed by atoms with Crippen molar-refractivity contribution in [3.8, 4) is 22.8 Å². The lowest BCUT2D eigenvalue weighted by Crippen LogP contribution is -2.22. The van der Waals surface area contributed by atoms with E-state index >= 15 is 0 Å². The Morgan fingerprint density at radius 3 is 2.65 bits per heavy atom. The van der Waals surface area contributed by atoms with Crippen molar-refractivity contribution in [3.05, 3.63) is 64.8 Å². The second-order valence-electron chi connectivity index (χ2n) is 8.34. The first kappa shape index (κ1) is 22.2. The topological polar surface area (TPSA) is 126 Å². The van der Waals surface area contributed by atoms with Gasteiger partial charge in [0.25, 0.3) is 5.69 Å². The highest BCUT2D eigenvalue weighted by Gasteiger charge is 2.29. The second-order valence-corrected chi connectivity index (χ2v) is 9.28. The second kappa shape index (κ2) is 9.72. The van der Waals surface area contributed by atoms with Gasteiger partial charge < -0.3 is 4.42 Å². The number of rotatable bonds is 7. The van der Waals surface area contributed by atoms with Gasteiger partial charge in [-0.2, -0.15) is 0 Å². The Morgan fingerprint density at radius 1 is 1.09 bits per heavy atom. The quantitative estimate of drug-likeness (QED) is 0.197. The minimum Gasteiger partial charge on any atom is -0.420 e. The number of aromatic nitrogens is 6. The summed E-state index contributed by atoms with van der Waals surface area (Å²) in [6, 6.07) is 10.3. The zero-order chi connectivity index (χ0) is 23.5. The molecule has 0 N–H and O–H groups in total. The van der Waals surface area contributed by atoms with Crippen LogP contribution >= 0.6 is 11.8 Å². The van der Waals surface area contributed by atoms with Crippen LogP contribution in [0.1, 0.15) is 44.5 Å². The lowest BCUT2D eigenvalue weighted by Gasteiger charge is -2.31. The molecule has 1 aromatic carbocycles. The van der Waals surface area contributed by atoms with Gasteiger partial charge in [0.2, 0.25) is 11.8 Å². The third kappa shape index (κ3) is 4.56. The molecule has 0 aliphatic heterocycles. The molecule has 1 fully saturated rings. The molecule has 0 spiro atoms. The third-order valence-corrected chi connectivity index (χ3v) is 7.03. The van der Waals surface area contributed by atoms with Crippen LogP contribution in [0, 0.1) is 16.0 Å². The average molecular weight is 478 g/mol. The van der Waals surface area contributed by atoms with Crippen LogP contribution in [0.15, 0.2) is 58.4 Å². The van der Waals surface area contributed by atoms with E-state index in [4.69, 9.17) is 4.42 Å². The highest BCUT2D eigenvalue weighted by molar-refractivity contribution is 7.98. The third-order valence-electron chi connectivity index (χ3n) is 6.10. The normalized spacial score (nSPS) is 18.1. The van der Waals surface area contributed by atoms with Crippen LogP contribution in [-0.2, 0) is 5.75 Å². The molecule has 1 saturated carbocycles. The molecule has 3 heterocycles. The molecule has 3 aromatic heterocycles. The van der Waals surface area contributed by atoms with E-state index in [1.807, 2.05) is 18.3 Å². The lowest BCUT2D eigenvalue weighted by molar-refractivity contribution is -0.384. The zero-order valence-corrected chi connectivity index (χ0v) is 19.4. The van der Waals surface area contributed by atoms with E-state index < -0.39 is 4.92 Å². The molecule has 1 aliphatic carbocycles. The first-order valence-electron chi connectivity index (χ1n) is 11.2. The van der Waals surface area contributed by atoms with Gasteiger partial charge in [-0.1, -0.05) is 31.5 Å². The molecule has 0 radical (unpaired) electrons. The van der Waals surface area contributed by atoms with Crippen molar-refractivity contribution in [1.82, 2.24) is 29.9 Å². The largest absolute Gasteiger partial charge is 0.420 e. The molecular formula is C23H23N7O3S. The fraction of sp³-hybridized carbons (Fsp3) is 0.348. The number of pyridine rings is 1. The minimum absolute atomic E-state index is 0.0137. The highest BCUT2D eigenvalue weighted by Crippen LogP contribution is 2.39. The van der Waals surface area contributed by atoms with Crippen LogP contribution in [0.2, 0.25) is 0 Å². The van der Waals surface area contributed by atoms with Crippen LogP contribution in [0.3, 0.4) is 0 Å². The predicted octanol–water partition coefficient (Wildman–Crippen LogP) is 5.34. The van der Waals surface area contributed by atoms with Crippen LogP contribution in [0.4, 0.5) is 5.69 Å². The summed E-state index contributed by atoms with van der Waals surface area (Å²) in [5.41, 5.74) is 1.59. The smallest absolute Gasteiger partial charge is 0.269 e. The Kier molecular flexibility index (Phi) is 6.35. The van der Waals surface area contributed by atoms with Crippen molar-refractivity contribution in [1.29, 1.82) is 0 Å². The Bertz CT molecular complexity index is 1270. The molecule has 2 atom stereocenters. The van der Waals surface area contributed by atoms with Crippen molar-refractivity contribution in [3.63, 3.8) is 0 Å². The highest BCUT2D eigenvalue weighted by atomic mass is 32.2. The van der Waals surface area contributed by atoms with Crippen LogP contribution in [0.5, 0.6) is 0 Å². The molecule has 0 bridgehead atoms. The van der Waals surface area contributed by atoms with Gasteiger partial charge >= 0.3 is 0 Å². The van der Waals surface area contributed by atoms with E-state index in [0.29, 0.717) is 35.1 Å². The first-order chi connectivity index (χ1) is 16.6. The molecule has 5 rings (SSSR count). The summed E-state index contributed by atoms with van der Waals surface area (Å²) in [5, 5.41) is 28.9. The van der Waals surface area contributed by atoms with Gasteiger partial charge in [0.15, 0.2) is 11.0 Å². The van der Waals surface area contributed by atoms with Gasteiger partial charge in [-0.05, 0) is 43.0 Å². The molecular weight excluding hydrogens is 454 g/mol. The molecule has 34 heavy (non-hydrogen) atoms. The molecule has 0 unspecified atom stereocenters. The molecule has 10 nitrogen and oxygen atoms in total. The van der Waals surface area contributed by atoms with E-state index in [0.717, 1.165) is 23.0 Å². The van der Waals surface area contributed by atoms with Crippen LogP contribution < -0.4 is 0 Å². The molecule has 11 heteroatoms. The van der Waals surface area contributed by atoms with E-state index in [2.05, 4.69) is 36.9 Å². The molecule has 0 saturated heterocycles. The van der Waals surface area contributed by atoms with E-state index in [1.165, 1.54) is 43.2 Å². The van der Waals surface area contributed by atoms with E-state index in [1.54, 1.807) is 18.3 Å². The van der Waals surface area contributed by atoms with Gasteiger partial charge in [0, 0.05) is 41.7 Å². The van der Waals surface area contributed by atoms with E-state index in [-0.39, 0.29) is 5.69 Å². The maximum Gasteiger partial charge on any atom is 0.269 e. The summed E-state index contributed by atoms with van der Waals surface area (Å²) in [5.74, 6) is 2.56. The monoisotopic (exact) mass is 477 g/mol. The molecule has 4 aromatic rings. The maximum atomic E-state index is 10.9. The summed E-state index contributed by atoms with van der Waals surface area (Å²) in [4.78, 5) is 14.7. The first-order valence-corrected chi connectivity index (χ1v) is 12.1. The van der Waals surface area contributed by atoms with Crippen LogP contribution in [-0.4, -0.2) is 34.9 Å². The number of hydrogen-bond acceptors (Lipinski definition) is 9. The number of nitro benzene ring substituents is 1. The fourth-order valence-electron chi connectivity index (χ4n) is 4.33. The molecule has 174 valence electrons. The van der Waals surface area contributed by atoms with Gasteiger partial charge in [0.1, 0.15) is 0 Å². The Morgan fingerprint density at radius 2 is 1.91 bits per heavy atom. The summed E-state index contributed by atoms with van der Waals surface area (Å²) < 4.78 is 8.06. The Labute approximate surface area is 200 Å². The number of non-ortho nitro benzene ring substituents is 1. The zero-order valence-electron chi connectivity index (χ0n) is 18.6. The van der Waals surface area contributed by atoms with Gasteiger partial charge in [-0.3, -0.25) is 19.7 Å². The van der Waals surface area contributed by atoms with Crippen LogP contribution in [0.25, 0.3) is 22.8 Å². The SMILES string of the molecule is C[C@@H]1CCCC[C@@H]1n1c(SCc2nnc(-c3ccc([N+](=O)[O-])cc3)o2)nnc1-c1cccnc1. The summed E-state index contributed by atoms with van der Waals surface area (Å²) >= 11 is 1.51. The number of nitro groups is 1. The number of thioether (sulfide) groups is 1. The minimum atomic E-state index is -0.442. The Balaban J connectivity index is 1.38. The van der Waals surface area contributed by atoms with Crippen molar-refractivity contribution < 1.29 is 9.34 Å². The number of hydrogen-bond donors (Lipinski definition) is 0. The summed E-state index contributed by atoms with van der Waals surface area (Å²) in [7, 11) is 0. The lowest BCUT2D eigenvalue weighted by atomic mass is 9.85. The standard InChI is InChI=1S/C23H23N7O3S/c1-15-5-2-3-7-19(15)29-21(17-6-4-12-24-13-17)26-28-23(29)34-14-20-25-27-22(33-20)16-8-10-18(11-9-16)30(31)32/h4,6,8-13,15,19H,2-3,5,7,14H2,1H3/t15-,19+/m1/s1. The summed E-state index contributed by atoms with van der Waals surface area (Å²) in [6.07, 6.45) is 8.27. The van der Waals surface area contributed by atoms with Crippen molar-refractivity contribution >= 4 is 17.4 Å². The van der Waals surface area contributed by atoms with Gasteiger partial charge in [-0.15, -0.1) is 20.4 Å². The van der Waals surface area contributed by atoms with Gasteiger partial charge in [-0.25, -0.2) is 0 Å². The maximum absolute atomic E-state index is 10.9. The number of nitrogens with zero attached hydrogens (tertiary/aromatic N) is 7. The number of benzene rings is 1. The van der Waals surface area contributed by atoms with Gasteiger partial charge in [0.05, 0.1) is 10.7 Å². The fourth-order valence-corrected chi connectivity index (χ4v) is 5.16. The summed E-state index contributed by atoms with van der Waals surface area (Å²) in [6.45, 7) is 2.29. The van der Waals surface area contributed by atoms with Crippen molar-refractivity contribution in [2.45, 2.75) is 49.6 Å². The van der Waals surface area contributed by atoms with Crippen molar-refractivity contribution in [2.24, 2.45) is 5.92 Å². The predicted molar refractivity (Wildman–Crippen MR) is 126 cm³/mol. The Hall–Kier alpha value is -3.60. The van der Waals surface area contributed by atoms with Crippen molar-refractivity contribution in [2.75, 3.05) is 0 Å². The molecule has 0 amide bonds.